The van der Waals surface area contributed by atoms with Gasteiger partial charge in [0, 0.05) is 6.07 Å². The molecule has 2 heteroatoms. The Morgan fingerprint density at radius 3 is 2.60 bits per heavy atom. The minimum Gasteiger partial charge on any atom is -0.203 e. The Labute approximate surface area is 90.2 Å². The van der Waals surface area contributed by atoms with E-state index in [1.54, 1.807) is 0 Å². The molecule has 0 aliphatic carbocycles. The molecule has 0 N–H and O–H groups in total. The zero-order valence-electron chi connectivity index (χ0n) is 9.14. The van der Waals surface area contributed by atoms with Crippen molar-refractivity contribution in [3.8, 4) is 5.82 Å². The molecule has 2 heterocycles. The molecule has 0 saturated heterocycles. The number of aromatic nitrogens is 2. The molecule has 0 radical (unpaired) electrons. The van der Waals surface area contributed by atoms with Crippen LogP contribution >= 0.6 is 0 Å². The molecule has 2 rings (SSSR count). The van der Waals surface area contributed by atoms with Gasteiger partial charge in [-0.05, 0) is 47.7 Å². The first-order valence-corrected chi connectivity index (χ1v) is 5.23. The lowest BCUT2D eigenvalue weighted by molar-refractivity contribution is -0.599. The van der Waals surface area contributed by atoms with Crippen LogP contribution in [0.5, 0.6) is 0 Å². The third-order valence-corrected chi connectivity index (χ3v) is 2.48. The molecule has 15 heavy (non-hydrogen) atoms. The minimum absolute atomic E-state index is 0.981. The van der Waals surface area contributed by atoms with Crippen LogP contribution in [0.3, 0.4) is 0 Å². The van der Waals surface area contributed by atoms with E-state index >= 15 is 0 Å². The molecule has 0 saturated carbocycles. The molecule has 0 atom stereocenters. The van der Waals surface area contributed by atoms with E-state index in [1.807, 2.05) is 23.2 Å². The van der Waals surface area contributed by atoms with Gasteiger partial charge in [-0.25, -0.2) is 4.57 Å². The highest BCUT2D eigenvalue weighted by Crippen LogP contribution is 2.02. The smallest absolute Gasteiger partial charge is 0.203 e. The van der Waals surface area contributed by atoms with Crippen LogP contribution in [0.1, 0.15) is 18.1 Å². The number of nitrogens with zero attached hydrogens (tertiary/aromatic N) is 2. The monoisotopic (exact) mass is 199 g/mol. The zero-order valence-corrected chi connectivity index (χ0v) is 9.14. The highest BCUT2D eigenvalue weighted by Gasteiger charge is 2.06. The van der Waals surface area contributed by atoms with Crippen LogP contribution in [0, 0.1) is 6.92 Å². The Morgan fingerprint density at radius 1 is 1.20 bits per heavy atom. The van der Waals surface area contributed by atoms with Crippen LogP contribution in [-0.4, -0.2) is 4.98 Å². The molecule has 2 aromatic rings. The average molecular weight is 199 g/mol. The SMILES string of the molecule is CCc1ccnc(-[n+]2ccc(C)cc2)c1. The van der Waals surface area contributed by atoms with Crippen molar-refractivity contribution in [1.82, 2.24) is 4.98 Å². The second-order valence-electron chi connectivity index (χ2n) is 3.66. The van der Waals surface area contributed by atoms with Gasteiger partial charge in [-0.3, -0.25) is 0 Å². The normalized spacial score (nSPS) is 10.3. The molecule has 0 fully saturated rings. The fourth-order valence-corrected chi connectivity index (χ4v) is 1.48. The summed E-state index contributed by atoms with van der Waals surface area (Å²) in [6.45, 7) is 4.24. The Kier molecular flexibility index (Phi) is 2.77. The number of hydrogen-bond acceptors (Lipinski definition) is 1. The molecule has 2 aromatic heterocycles. The summed E-state index contributed by atoms with van der Waals surface area (Å²) in [5.74, 6) is 0.981. The Balaban J connectivity index is 2.40. The van der Waals surface area contributed by atoms with Gasteiger partial charge in [0.05, 0.1) is 12.4 Å². The fourth-order valence-electron chi connectivity index (χ4n) is 1.48. The number of aryl methyl sites for hydroxylation is 2. The molecular formula is C13H15N2+. The summed E-state index contributed by atoms with van der Waals surface area (Å²) in [6.07, 6.45) is 6.98. The largest absolute Gasteiger partial charge is 0.327 e. The maximum Gasteiger partial charge on any atom is 0.327 e. The second kappa shape index (κ2) is 4.22. The van der Waals surface area contributed by atoms with Crippen molar-refractivity contribution in [3.63, 3.8) is 0 Å². The van der Waals surface area contributed by atoms with Gasteiger partial charge in [0.2, 0.25) is 0 Å². The number of pyridine rings is 2. The molecule has 0 aliphatic heterocycles. The maximum atomic E-state index is 4.35. The molecule has 76 valence electrons. The molecule has 0 unspecified atom stereocenters. The van der Waals surface area contributed by atoms with Crippen LogP contribution in [0.25, 0.3) is 5.82 Å². The Morgan fingerprint density at radius 2 is 1.93 bits per heavy atom. The first-order chi connectivity index (χ1) is 7.29. The van der Waals surface area contributed by atoms with Crippen molar-refractivity contribution in [2.75, 3.05) is 0 Å². The van der Waals surface area contributed by atoms with E-state index in [1.165, 1.54) is 11.1 Å². The van der Waals surface area contributed by atoms with Gasteiger partial charge in [-0.2, -0.15) is 0 Å². The molecular weight excluding hydrogens is 184 g/mol. The summed E-state index contributed by atoms with van der Waals surface area (Å²) >= 11 is 0. The van der Waals surface area contributed by atoms with Crippen molar-refractivity contribution < 1.29 is 4.57 Å². The summed E-state index contributed by atoms with van der Waals surface area (Å²) < 4.78 is 2.03. The summed E-state index contributed by atoms with van der Waals surface area (Å²) in [7, 11) is 0. The van der Waals surface area contributed by atoms with E-state index in [2.05, 4.69) is 43.1 Å². The first-order valence-electron chi connectivity index (χ1n) is 5.23. The second-order valence-corrected chi connectivity index (χ2v) is 3.66. The summed E-state index contributed by atoms with van der Waals surface area (Å²) in [5.41, 5.74) is 2.57. The molecule has 0 bridgehead atoms. The number of hydrogen-bond donors (Lipinski definition) is 0. The quantitative estimate of drug-likeness (QED) is 0.678. The first kappa shape index (κ1) is 9.84. The van der Waals surface area contributed by atoms with Crippen molar-refractivity contribution in [3.05, 3.63) is 54.0 Å². The van der Waals surface area contributed by atoms with E-state index in [0.717, 1.165) is 12.2 Å². The highest BCUT2D eigenvalue weighted by atomic mass is 15.0. The van der Waals surface area contributed by atoms with E-state index in [-0.39, 0.29) is 0 Å². The lowest BCUT2D eigenvalue weighted by Gasteiger charge is -1.98. The Bertz CT molecular complexity index is 446. The van der Waals surface area contributed by atoms with E-state index < -0.39 is 0 Å². The van der Waals surface area contributed by atoms with E-state index in [9.17, 15) is 0 Å². The number of rotatable bonds is 2. The van der Waals surface area contributed by atoms with Gasteiger partial charge >= 0.3 is 5.82 Å². The molecule has 0 spiro atoms. The van der Waals surface area contributed by atoms with Crippen LogP contribution in [0.2, 0.25) is 0 Å². The van der Waals surface area contributed by atoms with Gasteiger partial charge < -0.3 is 0 Å². The zero-order chi connectivity index (χ0) is 10.7. The third-order valence-electron chi connectivity index (χ3n) is 2.48. The van der Waals surface area contributed by atoms with Gasteiger partial charge in [0.25, 0.3) is 0 Å². The van der Waals surface area contributed by atoms with Gasteiger partial charge in [-0.15, -0.1) is 0 Å². The fraction of sp³-hybridized carbons (Fsp3) is 0.231. The lowest BCUT2D eigenvalue weighted by Crippen LogP contribution is -2.30. The third kappa shape index (κ3) is 2.21. The van der Waals surface area contributed by atoms with Crippen LogP contribution < -0.4 is 4.57 Å². The maximum absolute atomic E-state index is 4.35. The van der Waals surface area contributed by atoms with Crippen molar-refractivity contribution in [2.24, 2.45) is 0 Å². The molecule has 0 amide bonds. The highest BCUT2D eigenvalue weighted by molar-refractivity contribution is 5.20. The summed E-state index contributed by atoms with van der Waals surface area (Å²) in [4.78, 5) is 4.35. The average Bonchev–Trinajstić information content (AvgIpc) is 2.30. The van der Waals surface area contributed by atoms with Gasteiger partial charge in [0.15, 0.2) is 0 Å². The van der Waals surface area contributed by atoms with Gasteiger partial charge in [0.1, 0.15) is 6.20 Å². The van der Waals surface area contributed by atoms with Gasteiger partial charge in [-0.1, -0.05) is 6.92 Å². The van der Waals surface area contributed by atoms with Crippen molar-refractivity contribution >= 4 is 0 Å². The summed E-state index contributed by atoms with van der Waals surface area (Å²) in [6, 6.07) is 8.34. The lowest BCUT2D eigenvalue weighted by atomic mass is 10.2. The molecule has 0 aliphatic rings. The van der Waals surface area contributed by atoms with E-state index in [0.29, 0.717) is 0 Å². The van der Waals surface area contributed by atoms with Crippen molar-refractivity contribution in [2.45, 2.75) is 20.3 Å². The predicted molar refractivity (Wildman–Crippen MR) is 59.9 cm³/mol. The minimum atomic E-state index is 0.981. The standard InChI is InChI=1S/C13H15N2/c1-3-12-4-7-14-13(10-12)15-8-5-11(2)6-9-15/h4-10H,3H2,1-2H3/q+1. The van der Waals surface area contributed by atoms with Crippen molar-refractivity contribution in [1.29, 1.82) is 0 Å². The molecule has 0 aromatic carbocycles. The Hall–Kier alpha value is -1.70. The topological polar surface area (TPSA) is 16.8 Å². The van der Waals surface area contributed by atoms with Crippen LogP contribution in [0.4, 0.5) is 0 Å². The van der Waals surface area contributed by atoms with Crippen LogP contribution in [-0.2, 0) is 6.42 Å². The summed E-state index contributed by atoms with van der Waals surface area (Å²) in [5, 5.41) is 0. The van der Waals surface area contributed by atoms with Crippen LogP contribution in [0.15, 0.2) is 42.9 Å². The molecule has 2 nitrogen and oxygen atoms in total. The predicted octanol–water partition coefficient (Wildman–Crippen LogP) is 2.23. The van der Waals surface area contributed by atoms with E-state index in [4.69, 9.17) is 0 Å².